The van der Waals surface area contributed by atoms with Gasteiger partial charge in [0.15, 0.2) is 0 Å². The Bertz CT molecular complexity index is 1260. The third-order valence-corrected chi connectivity index (χ3v) is 4.94. The van der Waals surface area contributed by atoms with Gasteiger partial charge in [0.05, 0.1) is 17.8 Å². The fourth-order valence-electron chi connectivity index (χ4n) is 3.37. The zero-order valence-corrected chi connectivity index (χ0v) is 16.0. The van der Waals surface area contributed by atoms with Crippen LogP contribution in [-0.2, 0) is 12.7 Å². The van der Waals surface area contributed by atoms with Crippen LogP contribution in [0.15, 0.2) is 60.7 Å². The molecule has 3 nitrogen and oxygen atoms in total. The van der Waals surface area contributed by atoms with Crippen molar-refractivity contribution in [2.24, 2.45) is 0 Å². The summed E-state index contributed by atoms with van der Waals surface area (Å²) >= 11 is 5.80. The second-order valence-electron chi connectivity index (χ2n) is 6.68. The summed E-state index contributed by atoms with van der Waals surface area (Å²) in [5.41, 5.74) is 0.297. The van der Waals surface area contributed by atoms with Gasteiger partial charge in [0.25, 0.3) is 0 Å². The molecule has 0 aliphatic heterocycles. The van der Waals surface area contributed by atoms with Crippen molar-refractivity contribution in [1.29, 1.82) is 0 Å². The van der Waals surface area contributed by atoms with Crippen molar-refractivity contribution in [2.75, 3.05) is 0 Å². The predicted molar refractivity (Wildman–Crippen MR) is 106 cm³/mol. The molecule has 1 heterocycles. The minimum Gasteiger partial charge on any atom is -0.298 e. The number of aldehydes is 1. The highest BCUT2D eigenvalue weighted by Crippen LogP contribution is 2.38. The summed E-state index contributed by atoms with van der Waals surface area (Å²) < 4.78 is 56.3. The van der Waals surface area contributed by atoms with Crippen LogP contribution in [0.5, 0.6) is 0 Å². The van der Waals surface area contributed by atoms with Crippen molar-refractivity contribution in [3.8, 4) is 11.3 Å². The van der Waals surface area contributed by atoms with Crippen LogP contribution in [0, 0.1) is 5.82 Å². The number of halogens is 5. The number of benzene rings is 3. The van der Waals surface area contributed by atoms with Gasteiger partial charge in [0, 0.05) is 27.1 Å². The fourth-order valence-corrected chi connectivity index (χ4v) is 3.53. The Hall–Kier alpha value is -3.19. The summed E-state index contributed by atoms with van der Waals surface area (Å²) in [4.78, 5) is 11.2. The Labute approximate surface area is 173 Å². The van der Waals surface area contributed by atoms with Gasteiger partial charge in [-0.25, -0.2) is 4.39 Å². The lowest BCUT2D eigenvalue weighted by atomic mass is 10.0. The van der Waals surface area contributed by atoms with Crippen LogP contribution in [0.3, 0.4) is 0 Å². The normalized spacial score (nSPS) is 11.8. The molecule has 8 heteroatoms. The molecule has 0 aliphatic rings. The maximum Gasteiger partial charge on any atom is 0.418 e. The van der Waals surface area contributed by atoms with Crippen LogP contribution < -0.4 is 0 Å². The summed E-state index contributed by atoms with van der Waals surface area (Å²) in [6.45, 7) is -0.115. The van der Waals surface area contributed by atoms with E-state index in [0.29, 0.717) is 23.1 Å². The molecule has 3 aromatic carbocycles. The minimum absolute atomic E-state index is 0.115. The van der Waals surface area contributed by atoms with Crippen LogP contribution in [0.25, 0.3) is 22.2 Å². The third-order valence-electron chi connectivity index (χ3n) is 4.71. The van der Waals surface area contributed by atoms with Crippen LogP contribution in [0.2, 0.25) is 5.02 Å². The lowest BCUT2D eigenvalue weighted by Gasteiger charge is -2.10. The number of aromatic nitrogens is 2. The first-order chi connectivity index (χ1) is 14.3. The van der Waals surface area contributed by atoms with E-state index in [9.17, 15) is 22.4 Å². The van der Waals surface area contributed by atoms with Crippen molar-refractivity contribution >= 4 is 28.8 Å². The number of hydrogen-bond acceptors (Lipinski definition) is 2. The second-order valence-corrected chi connectivity index (χ2v) is 7.12. The third kappa shape index (κ3) is 3.68. The molecule has 0 amide bonds. The first-order valence-corrected chi connectivity index (χ1v) is 9.22. The van der Waals surface area contributed by atoms with Gasteiger partial charge in [-0.3, -0.25) is 9.48 Å². The average molecular weight is 433 g/mol. The molecular weight excluding hydrogens is 420 g/mol. The molecule has 0 bridgehead atoms. The number of fused-ring (bicyclic) bond motifs is 1. The molecule has 0 saturated carbocycles. The van der Waals surface area contributed by atoms with Gasteiger partial charge in [-0.05, 0) is 24.3 Å². The maximum absolute atomic E-state index is 14.4. The highest BCUT2D eigenvalue weighted by molar-refractivity contribution is 6.30. The Morgan fingerprint density at radius 3 is 2.50 bits per heavy atom. The number of carbonyl (C=O) groups is 1. The highest BCUT2D eigenvalue weighted by atomic mass is 35.5. The van der Waals surface area contributed by atoms with E-state index in [1.165, 1.54) is 28.9 Å². The average Bonchev–Trinajstić information content (AvgIpc) is 3.07. The number of carbonyl (C=O) groups excluding carboxylic acids is 1. The Morgan fingerprint density at radius 2 is 1.80 bits per heavy atom. The number of alkyl halides is 3. The summed E-state index contributed by atoms with van der Waals surface area (Å²) in [7, 11) is 0. The molecule has 0 spiro atoms. The molecule has 0 aliphatic carbocycles. The van der Waals surface area contributed by atoms with Crippen LogP contribution in [-0.4, -0.2) is 16.1 Å². The molecule has 4 aromatic rings. The van der Waals surface area contributed by atoms with Crippen molar-refractivity contribution < 1.29 is 22.4 Å². The Balaban J connectivity index is 1.98. The number of rotatable bonds is 4. The first kappa shape index (κ1) is 20.1. The number of nitrogens with zero attached hydrogens (tertiary/aromatic N) is 2. The molecule has 4 rings (SSSR count). The molecule has 30 heavy (non-hydrogen) atoms. The monoisotopic (exact) mass is 432 g/mol. The zero-order chi connectivity index (χ0) is 21.5. The molecule has 152 valence electrons. The quantitative estimate of drug-likeness (QED) is 0.277. The first-order valence-electron chi connectivity index (χ1n) is 8.84. The topological polar surface area (TPSA) is 34.9 Å². The van der Waals surface area contributed by atoms with Crippen LogP contribution in [0.1, 0.15) is 21.5 Å². The highest BCUT2D eigenvalue weighted by Gasteiger charge is 2.34. The van der Waals surface area contributed by atoms with Crippen LogP contribution >= 0.6 is 11.6 Å². The largest absolute Gasteiger partial charge is 0.418 e. The summed E-state index contributed by atoms with van der Waals surface area (Å²) in [6.07, 6.45) is -3.96. The van der Waals surface area contributed by atoms with Crippen LogP contribution in [0.4, 0.5) is 17.6 Å². The van der Waals surface area contributed by atoms with Gasteiger partial charge in [-0.1, -0.05) is 48.0 Å². The SMILES string of the molecule is O=Cc1cccc(-c2c3cccc(C(F)(F)F)c3nn2Cc2ccc(Cl)cc2F)c1. The molecule has 0 atom stereocenters. The molecule has 1 aromatic heterocycles. The van der Waals surface area contributed by atoms with Crippen molar-refractivity contribution in [3.05, 3.63) is 88.2 Å². The molecule has 0 radical (unpaired) electrons. The summed E-state index contributed by atoms with van der Waals surface area (Å²) in [5.74, 6) is -0.592. The smallest absolute Gasteiger partial charge is 0.298 e. The van der Waals surface area contributed by atoms with E-state index >= 15 is 0 Å². The van der Waals surface area contributed by atoms with Gasteiger partial charge in [-0.15, -0.1) is 0 Å². The summed E-state index contributed by atoms with van der Waals surface area (Å²) in [6, 6.07) is 14.3. The fraction of sp³-hybridized carbons (Fsp3) is 0.0909. The van der Waals surface area contributed by atoms with Gasteiger partial charge in [-0.2, -0.15) is 18.3 Å². The van der Waals surface area contributed by atoms with E-state index in [2.05, 4.69) is 5.10 Å². The Kier molecular flexibility index (Phi) is 5.07. The van der Waals surface area contributed by atoms with Gasteiger partial charge in [0.1, 0.15) is 17.6 Å². The Morgan fingerprint density at radius 1 is 1.03 bits per heavy atom. The minimum atomic E-state index is -4.61. The van der Waals surface area contributed by atoms with Gasteiger partial charge in [0.2, 0.25) is 0 Å². The van der Waals surface area contributed by atoms with E-state index in [-0.39, 0.29) is 28.0 Å². The van der Waals surface area contributed by atoms with E-state index in [0.717, 1.165) is 12.1 Å². The van der Waals surface area contributed by atoms with E-state index in [4.69, 9.17) is 11.6 Å². The second kappa shape index (κ2) is 7.57. The van der Waals surface area contributed by atoms with Gasteiger partial charge >= 0.3 is 6.18 Å². The molecule has 0 fully saturated rings. The van der Waals surface area contributed by atoms with Crippen molar-refractivity contribution in [1.82, 2.24) is 9.78 Å². The molecular formula is C22H13ClF4N2O. The lowest BCUT2D eigenvalue weighted by Crippen LogP contribution is -2.07. The molecule has 0 saturated heterocycles. The molecule has 0 unspecified atom stereocenters. The predicted octanol–water partition coefficient (Wildman–Crippen LogP) is 6.38. The van der Waals surface area contributed by atoms with E-state index in [1.807, 2.05) is 0 Å². The maximum atomic E-state index is 14.4. The van der Waals surface area contributed by atoms with Crippen molar-refractivity contribution in [2.45, 2.75) is 12.7 Å². The number of hydrogen-bond donors (Lipinski definition) is 0. The molecule has 0 N–H and O–H groups in total. The zero-order valence-electron chi connectivity index (χ0n) is 15.3. The van der Waals surface area contributed by atoms with E-state index in [1.54, 1.807) is 24.3 Å². The lowest BCUT2D eigenvalue weighted by molar-refractivity contribution is -0.136. The van der Waals surface area contributed by atoms with Gasteiger partial charge < -0.3 is 0 Å². The van der Waals surface area contributed by atoms with E-state index < -0.39 is 17.6 Å². The standard InChI is InChI=1S/C22H13ClF4N2O/c23-16-8-7-15(19(24)10-16)11-29-21(14-4-1-3-13(9-14)12-30)17-5-2-6-18(20(17)28-29)22(25,26)27/h1-10,12H,11H2. The van der Waals surface area contributed by atoms with Crippen molar-refractivity contribution in [3.63, 3.8) is 0 Å². The summed E-state index contributed by atoms with van der Waals surface area (Å²) in [5, 5.41) is 4.64.